The number of azide groups is 1. The highest BCUT2D eigenvalue weighted by atomic mass is 15.1. The Morgan fingerprint density at radius 1 is 1.00 bits per heavy atom. The third kappa shape index (κ3) is 2.02. The van der Waals surface area contributed by atoms with Crippen LogP contribution in [0, 0.1) is 0 Å². The summed E-state index contributed by atoms with van der Waals surface area (Å²) in [5.74, 6) is 0. The van der Waals surface area contributed by atoms with Crippen LogP contribution in [0.4, 0.5) is 0 Å². The Kier molecular flexibility index (Phi) is 3.21. The Labute approximate surface area is 129 Å². The molecule has 1 aliphatic rings. The van der Waals surface area contributed by atoms with E-state index in [0.29, 0.717) is 6.54 Å². The molecule has 0 aliphatic heterocycles. The van der Waals surface area contributed by atoms with E-state index in [1.165, 1.54) is 51.9 Å². The molecule has 0 atom stereocenters. The first-order chi connectivity index (χ1) is 10.9. The molecule has 3 heteroatoms. The van der Waals surface area contributed by atoms with Crippen LogP contribution < -0.4 is 0 Å². The highest BCUT2D eigenvalue weighted by Crippen LogP contribution is 2.36. The summed E-state index contributed by atoms with van der Waals surface area (Å²) in [5.41, 5.74) is 12.8. The zero-order chi connectivity index (χ0) is 14.9. The van der Waals surface area contributed by atoms with Crippen molar-refractivity contribution >= 4 is 21.5 Å². The topological polar surface area (TPSA) is 48.8 Å². The molecule has 3 aromatic rings. The van der Waals surface area contributed by atoms with Crippen LogP contribution in [0.5, 0.6) is 0 Å². The predicted octanol–water partition coefficient (Wildman–Crippen LogP) is 5.68. The molecule has 0 heterocycles. The number of hydrogen-bond acceptors (Lipinski definition) is 1. The number of rotatable bonds is 2. The van der Waals surface area contributed by atoms with Gasteiger partial charge in [0.05, 0.1) is 6.54 Å². The number of hydrogen-bond donors (Lipinski definition) is 0. The molecule has 0 radical (unpaired) electrons. The van der Waals surface area contributed by atoms with Gasteiger partial charge in [-0.15, -0.1) is 0 Å². The van der Waals surface area contributed by atoms with Crippen molar-refractivity contribution in [2.75, 3.05) is 0 Å². The maximum atomic E-state index is 8.71. The van der Waals surface area contributed by atoms with Crippen molar-refractivity contribution < 1.29 is 0 Å². The second-order valence-electron chi connectivity index (χ2n) is 5.98. The lowest BCUT2D eigenvalue weighted by molar-refractivity contribution is 0.689. The van der Waals surface area contributed by atoms with Gasteiger partial charge in [0.15, 0.2) is 0 Å². The minimum atomic E-state index is 0.425. The predicted molar refractivity (Wildman–Crippen MR) is 90.9 cm³/mol. The van der Waals surface area contributed by atoms with E-state index < -0.39 is 0 Å². The summed E-state index contributed by atoms with van der Waals surface area (Å²) in [7, 11) is 0. The van der Waals surface area contributed by atoms with E-state index >= 15 is 0 Å². The normalized spacial score (nSPS) is 13.8. The molecule has 22 heavy (non-hydrogen) atoms. The zero-order valence-corrected chi connectivity index (χ0v) is 12.4. The fraction of sp³-hybridized carbons (Fsp3) is 0.263. The summed E-state index contributed by atoms with van der Waals surface area (Å²) in [6.07, 6.45) is 4.82. The van der Waals surface area contributed by atoms with Gasteiger partial charge in [0.2, 0.25) is 0 Å². The lowest BCUT2D eigenvalue weighted by Gasteiger charge is -2.21. The van der Waals surface area contributed by atoms with Crippen LogP contribution in [0.15, 0.2) is 47.6 Å². The molecule has 0 unspecified atom stereocenters. The SMILES string of the molecule is [N-]=[N+]=NCc1cc2ccccc2c2ccc3c(c12)CCCC3. The Hall–Kier alpha value is -2.51. The molecule has 0 bridgehead atoms. The molecular weight excluding hydrogens is 270 g/mol. The lowest BCUT2D eigenvalue weighted by Crippen LogP contribution is -2.04. The van der Waals surface area contributed by atoms with Crippen molar-refractivity contribution in [1.29, 1.82) is 0 Å². The molecule has 3 aromatic carbocycles. The average molecular weight is 287 g/mol. The summed E-state index contributed by atoms with van der Waals surface area (Å²) in [6.45, 7) is 0.425. The summed E-state index contributed by atoms with van der Waals surface area (Å²) < 4.78 is 0. The van der Waals surface area contributed by atoms with E-state index in [-0.39, 0.29) is 0 Å². The van der Waals surface area contributed by atoms with Crippen LogP contribution in [0.1, 0.15) is 29.5 Å². The van der Waals surface area contributed by atoms with Gasteiger partial charge in [0, 0.05) is 4.91 Å². The Bertz CT molecular complexity index is 921. The van der Waals surface area contributed by atoms with Crippen molar-refractivity contribution in [1.82, 2.24) is 0 Å². The Morgan fingerprint density at radius 2 is 1.86 bits per heavy atom. The van der Waals surface area contributed by atoms with Gasteiger partial charge >= 0.3 is 0 Å². The highest BCUT2D eigenvalue weighted by molar-refractivity contribution is 6.10. The minimum Gasteiger partial charge on any atom is -0.0893 e. The smallest absolute Gasteiger partial charge is 0.0517 e. The van der Waals surface area contributed by atoms with Gasteiger partial charge in [0.25, 0.3) is 0 Å². The summed E-state index contributed by atoms with van der Waals surface area (Å²) in [4.78, 5) is 2.95. The number of benzene rings is 3. The van der Waals surface area contributed by atoms with Crippen LogP contribution >= 0.6 is 0 Å². The van der Waals surface area contributed by atoms with Crippen molar-refractivity contribution in [3.05, 3.63) is 69.6 Å². The highest BCUT2D eigenvalue weighted by Gasteiger charge is 2.16. The first kappa shape index (κ1) is 13.2. The fourth-order valence-electron chi connectivity index (χ4n) is 3.78. The maximum absolute atomic E-state index is 8.71. The molecule has 1 aliphatic carbocycles. The molecule has 108 valence electrons. The van der Waals surface area contributed by atoms with Crippen molar-refractivity contribution in [2.45, 2.75) is 32.2 Å². The summed E-state index contributed by atoms with van der Waals surface area (Å²) in [5, 5.41) is 8.95. The van der Waals surface area contributed by atoms with E-state index in [9.17, 15) is 0 Å². The summed E-state index contributed by atoms with van der Waals surface area (Å²) in [6, 6.07) is 15.2. The van der Waals surface area contributed by atoms with Crippen molar-refractivity contribution in [3.8, 4) is 0 Å². The standard InChI is InChI=1S/C19H17N3/c20-22-21-12-15-11-14-6-2-3-7-16(14)18-10-9-13-5-1-4-8-17(13)19(15)18/h2-3,6-7,9-11H,1,4-5,8,12H2. The van der Waals surface area contributed by atoms with E-state index in [4.69, 9.17) is 5.53 Å². The Balaban J connectivity index is 2.13. The molecule has 0 aromatic heterocycles. The number of aryl methyl sites for hydroxylation is 2. The van der Waals surface area contributed by atoms with E-state index in [2.05, 4.69) is 52.5 Å². The van der Waals surface area contributed by atoms with Crippen LogP contribution in [0.3, 0.4) is 0 Å². The van der Waals surface area contributed by atoms with Crippen molar-refractivity contribution in [2.24, 2.45) is 5.11 Å². The first-order valence-electron chi connectivity index (χ1n) is 7.84. The molecule has 4 rings (SSSR count). The average Bonchev–Trinajstić information content (AvgIpc) is 2.59. The van der Waals surface area contributed by atoms with Crippen LogP contribution in [-0.2, 0) is 19.4 Å². The van der Waals surface area contributed by atoms with Crippen LogP contribution in [-0.4, -0.2) is 0 Å². The second kappa shape index (κ2) is 5.36. The molecule has 0 amide bonds. The Morgan fingerprint density at radius 3 is 2.77 bits per heavy atom. The lowest BCUT2D eigenvalue weighted by atomic mass is 9.84. The third-order valence-electron chi connectivity index (χ3n) is 4.74. The molecule has 3 nitrogen and oxygen atoms in total. The van der Waals surface area contributed by atoms with Gasteiger partial charge in [-0.1, -0.05) is 47.6 Å². The monoisotopic (exact) mass is 287 g/mol. The summed E-state index contributed by atoms with van der Waals surface area (Å²) >= 11 is 0. The van der Waals surface area contributed by atoms with E-state index in [0.717, 1.165) is 12.0 Å². The van der Waals surface area contributed by atoms with Gasteiger partial charge in [0.1, 0.15) is 0 Å². The second-order valence-corrected chi connectivity index (χ2v) is 5.98. The largest absolute Gasteiger partial charge is 0.0893 e. The molecule has 0 saturated heterocycles. The maximum Gasteiger partial charge on any atom is 0.0517 e. The van der Waals surface area contributed by atoms with Gasteiger partial charge in [-0.2, -0.15) is 0 Å². The zero-order valence-electron chi connectivity index (χ0n) is 12.4. The van der Waals surface area contributed by atoms with Crippen LogP contribution in [0.25, 0.3) is 32.0 Å². The quantitative estimate of drug-likeness (QED) is 0.252. The molecule has 0 spiro atoms. The van der Waals surface area contributed by atoms with E-state index in [1.54, 1.807) is 0 Å². The van der Waals surface area contributed by atoms with Crippen LogP contribution in [0.2, 0.25) is 0 Å². The molecular formula is C19H17N3. The van der Waals surface area contributed by atoms with Gasteiger partial charge in [-0.05, 0) is 69.4 Å². The van der Waals surface area contributed by atoms with Gasteiger partial charge < -0.3 is 0 Å². The van der Waals surface area contributed by atoms with Crippen molar-refractivity contribution in [3.63, 3.8) is 0 Å². The number of nitrogens with zero attached hydrogens (tertiary/aromatic N) is 3. The van der Waals surface area contributed by atoms with E-state index in [1.807, 2.05) is 0 Å². The first-order valence-corrected chi connectivity index (χ1v) is 7.84. The molecule has 0 N–H and O–H groups in total. The van der Waals surface area contributed by atoms with Gasteiger partial charge in [-0.25, -0.2) is 0 Å². The molecule has 0 saturated carbocycles. The third-order valence-corrected chi connectivity index (χ3v) is 4.74. The minimum absolute atomic E-state index is 0.425. The number of fused-ring (bicyclic) bond motifs is 5. The molecule has 0 fully saturated rings. The fourth-order valence-corrected chi connectivity index (χ4v) is 3.78. The van der Waals surface area contributed by atoms with Gasteiger partial charge in [-0.3, -0.25) is 0 Å².